The van der Waals surface area contributed by atoms with Crippen LogP contribution in [0.15, 0.2) is 18.2 Å². The largest absolute Gasteiger partial charge is 0.353 e. The van der Waals surface area contributed by atoms with Crippen molar-refractivity contribution in [1.82, 2.24) is 4.98 Å². The molecule has 4 rings (SSSR count). The number of nitrogens with two attached hydrogens (primary N) is 1. The van der Waals surface area contributed by atoms with Gasteiger partial charge in [-0.15, -0.1) is 0 Å². The molecule has 2 aromatic rings. The molecule has 2 aliphatic carbocycles. The number of nitro groups is 1. The van der Waals surface area contributed by atoms with E-state index in [2.05, 4.69) is 17.2 Å². The smallest absolute Gasteiger partial charge is 0.270 e. The third kappa shape index (κ3) is 2.63. The number of non-ortho nitro benzene ring substituents is 1. The van der Waals surface area contributed by atoms with Crippen molar-refractivity contribution in [2.24, 2.45) is 5.92 Å². The molecule has 0 spiro atoms. The van der Waals surface area contributed by atoms with Crippen LogP contribution in [0.2, 0.25) is 0 Å². The van der Waals surface area contributed by atoms with Crippen LogP contribution in [-0.2, 0) is 6.42 Å². The van der Waals surface area contributed by atoms with Crippen LogP contribution in [0.4, 0.5) is 5.69 Å². The summed E-state index contributed by atoms with van der Waals surface area (Å²) in [6.45, 7) is 2.35. The summed E-state index contributed by atoms with van der Waals surface area (Å²) in [7, 11) is 0. The molecule has 0 radical (unpaired) electrons. The van der Waals surface area contributed by atoms with Gasteiger partial charge in [0.25, 0.3) is 5.69 Å². The summed E-state index contributed by atoms with van der Waals surface area (Å²) in [5.74, 6) is 0.852. The number of nitrogens with one attached hydrogen (secondary N) is 1. The fraction of sp³-hybridized carbons (Fsp3) is 0.556. The van der Waals surface area contributed by atoms with Crippen LogP contribution in [0.1, 0.15) is 56.3 Å². The fourth-order valence-corrected chi connectivity index (χ4v) is 4.55. The van der Waals surface area contributed by atoms with E-state index in [9.17, 15) is 10.1 Å². The number of aromatic nitrogens is 1. The van der Waals surface area contributed by atoms with Crippen LogP contribution in [0.3, 0.4) is 0 Å². The van der Waals surface area contributed by atoms with Crippen LogP contribution < -0.4 is 5.32 Å². The van der Waals surface area contributed by atoms with Crippen LogP contribution in [0, 0.1) is 16.0 Å². The van der Waals surface area contributed by atoms with Gasteiger partial charge in [-0.3, -0.25) is 10.1 Å². The Morgan fingerprint density at radius 3 is 2.91 bits per heavy atom. The molecule has 0 unspecified atom stereocenters. The Kier molecular flexibility index (Phi) is 3.60. The van der Waals surface area contributed by atoms with Crippen molar-refractivity contribution in [3.63, 3.8) is 0 Å². The van der Waals surface area contributed by atoms with E-state index in [1.165, 1.54) is 43.4 Å². The SMILES string of the molecule is C[C@@H]1CC[C@@H]([NH2+][C@@H]2CCCc3c2[nH]c2ccc([N+](=O)[O-])cc32)C1. The lowest BCUT2D eigenvalue weighted by Crippen LogP contribution is -2.90. The van der Waals surface area contributed by atoms with Crippen molar-refractivity contribution in [2.75, 3.05) is 0 Å². The highest BCUT2D eigenvalue weighted by Gasteiger charge is 2.32. The van der Waals surface area contributed by atoms with Gasteiger partial charge in [0.2, 0.25) is 0 Å². The summed E-state index contributed by atoms with van der Waals surface area (Å²) in [5.41, 5.74) is 3.85. The molecule has 3 atom stereocenters. The average Bonchev–Trinajstić information content (AvgIpc) is 3.11. The summed E-state index contributed by atoms with van der Waals surface area (Å²) in [6.07, 6.45) is 7.39. The standard InChI is InChI=1S/C18H23N3O2/c1-11-5-6-12(9-11)19-17-4-2-3-14-15-10-13(21(22)23)7-8-16(15)20-18(14)17/h7-8,10-12,17,19-20H,2-6,9H2,1H3/p+1/t11-,12-,17-/m1/s1. The van der Waals surface area contributed by atoms with Gasteiger partial charge >= 0.3 is 0 Å². The second kappa shape index (κ2) is 5.64. The molecule has 0 bridgehead atoms. The molecule has 1 aromatic carbocycles. The Hall–Kier alpha value is -1.88. The monoisotopic (exact) mass is 314 g/mol. The molecule has 122 valence electrons. The minimum absolute atomic E-state index is 0.190. The van der Waals surface area contributed by atoms with Crippen molar-refractivity contribution >= 4 is 16.6 Å². The number of aromatic amines is 1. The Labute approximate surface area is 135 Å². The molecular weight excluding hydrogens is 290 g/mol. The quantitative estimate of drug-likeness (QED) is 0.674. The predicted molar refractivity (Wildman–Crippen MR) is 89.4 cm³/mol. The van der Waals surface area contributed by atoms with Gasteiger partial charge in [0.05, 0.1) is 16.7 Å². The van der Waals surface area contributed by atoms with Gasteiger partial charge in [0.15, 0.2) is 0 Å². The van der Waals surface area contributed by atoms with Gasteiger partial charge < -0.3 is 10.3 Å². The molecule has 0 saturated heterocycles. The molecule has 1 aromatic heterocycles. The lowest BCUT2D eigenvalue weighted by Gasteiger charge is -2.24. The van der Waals surface area contributed by atoms with Crippen LogP contribution >= 0.6 is 0 Å². The number of quaternary nitrogens is 1. The maximum absolute atomic E-state index is 11.0. The van der Waals surface area contributed by atoms with E-state index in [0.717, 1.165) is 29.3 Å². The summed E-state index contributed by atoms with van der Waals surface area (Å²) < 4.78 is 0. The maximum atomic E-state index is 11.0. The predicted octanol–water partition coefficient (Wildman–Crippen LogP) is 3.21. The topological polar surface area (TPSA) is 75.5 Å². The minimum atomic E-state index is -0.300. The lowest BCUT2D eigenvalue weighted by atomic mass is 9.91. The van der Waals surface area contributed by atoms with Crippen LogP contribution in [-0.4, -0.2) is 15.9 Å². The van der Waals surface area contributed by atoms with Crippen molar-refractivity contribution < 1.29 is 10.2 Å². The summed E-state index contributed by atoms with van der Waals surface area (Å²) in [5, 5.41) is 14.7. The van der Waals surface area contributed by atoms with Crippen molar-refractivity contribution in [3.05, 3.63) is 39.6 Å². The second-order valence-electron chi connectivity index (χ2n) is 7.37. The molecule has 23 heavy (non-hydrogen) atoms. The zero-order chi connectivity index (χ0) is 16.0. The number of aryl methyl sites for hydroxylation is 1. The molecule has 0 aliphatic heterocycles. The maximum Gasteiger partial charge on any atom is 0.270 e. The van der Waals surface area contributed by atoms with E-state index < -0.39 is 0 Å². The van der Waals surface area contributed by atoms with Crippen LogP contribution in [0.5, 0.6) is 0 Å². The lowest BCUT2D eigenvalue weighted by molar-refractivity contribution is -0.728. The van der Waals surface area contributed by atoms with Gasteiger partial charge in [-0.2, -0.15) is 0 Å². The third-order valence-corrected chi connectivity index (χ3v) is 5.69. The first-order chi connectivity index (χ1) is 11.1. The number of hydrogen-bond acceptors (Lipinski definition) is 2. The van der Waals surface area contributed by atoms with E-state index in [1.54, 1.807) is 12.1 Å². The van der Waals surface area contributed by atoms with Crippen molar-refractivity contribution in [1.29, 1.82) is 0 Å². The number of hydrogen-bond donors (Lipinski definition) is 2. The van der Waals surface area contributed by atoms with E-state index in [4.69, 9.17) is 0 Å². The Morgan fingerprint density at radius 1 is 1.30 bits per heavy atom. The zero-order valence-corrected chi connectivity index (χ0v) is 13.5. The first kappa shape index (κ1) is 14.7. The Morgan fingerprint density at radius 2 is 2.17 bits per heavy atom. The molecule has 0 amide bonds. The van der Waals surface area contributed by atoms with Gasteiger partial charge in [-0.25, -0.2) is 0 Å². The molecule has 1 fully saturated rings. The third-order valence-electron chi connectivity index (χ3n) is 5.69. The molecule has 1 saturated carbocycles. The average molecular weight is 314 g/mol. The van der Waals surface area contributed by atoms with Crippen molar-refractivity contribution in [3.8, 4) is 0 Å². The molecule has 5 heteroatoms. The van der Waals surface area contributed by atoms with Crippen LogP contribution in [0.25, 0.3) is 10.9 Å². The molecule has 2 aliphatic rings. The number of nitro benzene ring substituents is 1. The van der Waals surface area contributed by atoms with E-state index in [-0.39, 0.29) is 10.6 Å². The van der Waals surface area contributed by atoms with E-state index in [0.29, 0.717) is 6.04 Å². The normalized spacial score (nSPS) is 27.3. The number of H-pyrrole nitrogens is 1. The highest BCUT2D eigenvalue weighted by atomic mass is 16.6. The van der Waals surface area contributed by atoms with Gasteiger partial charge in [0, 0.05) is 35.9 Å². The zero-order valence-electron chi connectivity index (χ0n) is 13.5. The molecule has 1 heterocycles. The number of nitrogens with zero attached hydrogens (tertiary/aromatic N) is 1. The highest BCUT2D eigenvalue weighted by Crippen LogP contribution is 2.35. The molecular formula is C18H24N3O2+. The number of benzene rings is 1. The Bertz CT molecular complexity index is 752. The first-order valence-electron chi connectivity index (χ1n) is 8.75. The minimum Gasteiger partial charge on any atom is -0.353 e. The van der Waals surface area contributed by atoms with Crippen molar-refractivity contribution in [2.45, 2.75) is 57.5 Å². The second-order valence-corrected chi connectivity index (χ2v) is 7.37. The summed E-state index contributed by atoms with van der Waals surface area (Å²) in [4.78, 5) is 14.3. The van der Waals surface area contributed by atoms with E-state index >= 15 is 0 Å². The summed E-state index contributed by atoms with van der Waals surface area (Å²) in [6, 6.07) is 6.43. The van der Waals surface area contributed by atoms with E-state index in [1.807, 2.05) is 6.07 Å². The summed E-state index contributed by atoms with van der Waals surface area (Å²) >= 11 is 0. The molecule has 3 N–H and O–H groups in total. The van der Waals surface area contributed by atoms with Gasteiger partial charge in [-0.1, -0.05) is 6.92 Å². The number of rotatable bonds is 3. The van der Waals surface area contributed by atoms with Gasteiger partial charge in [-0.05, 0) is 43.2 Å². The number of fused-ring (bicyclic) bond motifs is 3. The molecule has 5 nitrogen and oxygen atoms in total. The van der Waals surface area contributed by atoms with Gasteiger partial charge in [0.1, 0.15) is 6.04 Å². The fourth-order valence-electron chi connectivity index (χ4n) is 4.55. The first-order valence-corrected chi connectivity index (χ1v) is 8.75. The highest BCUT2D eigenvalue weighted by molar-refractivity contribution is 5.87. The Balaban J connectivity index is 1.67.